The molecule has 3 aromatic rings. The predicted octanol–water partition coefficient (Wildman–Crippen LogP) is 4.63. The van der Waals surface area contributed by atoms with E-state index in [1.807, 2.05) is 17.8 Å². The van der Waals surface area contributed by atoms with Gasteiger partial charge >= 0.3 is 0 Å². The molecular formula is C20H21N3. The Hall–Kier alpha value is -2.55. The summed E-state index contributed by atoms with van der Waals surface area (Å²) in [5.41, 5.74) is 5.46. The summed E-state index contributed by atoms with van der Waals surface area (Å²) in [6, 6.07) is 19.5. The maximum Gasteiger partial charge on any atom is 0.129 e. The van der Waals surface area contributed by atoms with Crippen LogP contribution in [0.25, 0.3) is 16.8 Å². The fourth-order valence-electron chi connectivity index (χ4n) is 3.03. The number of hydrogen-bond donors (Lipinski definition) is 1. The number of anilines is 1. The Morgan fingerprint density at radius 2 is 1.52 bits per heavy atom. The van der Waals surface area contributed by atoms with Crippen LogP contribution in [0.1, 0.15) is 25.3 Å². The summed E-state index contributed by atoms with van der Waals surface area (Å²) in [5.74, 6) is 0.986. The summed E-state index contributed by atoms with van der Waals surface area (Å²) in [6.45, 7) is 2.35. The molecule has 4 rings (SSSR count). The van der Waals surface area contributed by atoms with Gasteiger partial charge in [0.05, 0.1) is 11.9 Å². The zero-order valence-corrected chi connectivity index (χ0v) is 13.6. The third kappa shape index (κ3) is 2.52. The largest absolute Gasteiger partial charge is 0.373 e. The van der Waals surface area contributed by atoms with Crippen molar-refractivity contribution in [1.29, 1.82) is 0 Å². The summed E-state index contributed by atoms with van der Waals surface area (Å²) in [4.78, 5) is 0. The predicted molar refractivity (Wildman–Crippen MR) is 95.1 cm³/mol. The molecule has 0 atom stereocenters. The van der Waals surface area contributed by atoms with Crippen molar-refractivity contribution in [3.05, 3.63) is 66.4 Å². The van der Waals surface area contributed by atoms with E-state index < -0.39 is 0 Å². The Morgan fingerprint density at radius 3 is 2.09 bits per heavy atom. The molecule has 0 bridgehead atoms. The van der Waals surface area contributed by atoms with Crippen molar-refractivity contribution >= 4 is 5.82 Å². The van der Waals surface area contributed by atoms with E-state index in [0.29, 0.717) is 5.41 Å². The number of benzene rings is 2. The normalized spacial score (nSPS) is 15.4. The summed E-state index contributed by atoms with van der Waals surface area (Å²) in [7, 11) is 1.91. The van der Waals surface area contributed by atoms with Gasteiger partial charge in [-0.3, -0.25) is 0 Å². The highest BCUT2D eigenvalue weighted by Crippen LogP contribution is 2.47. The monoisotopic (exact) mass is 303 g/mol. The summed E-state index contributed by atoms with van der Waals surface area (Å²) in [6.07, 6.45) is 4.44. The lowest BCUT2D eigenvalue weighted by atomic mass is 9.95. The molecular weight excluding hydrogens is 282 g/mol. The van der Waals surface area contributed by atoms with Crippen LogP contribution in [-0.4, -0.2) is 16.8 Å². The fraction of sp³-hybridized carbons (Fsp3) is 0.250. The molecule has 3 heteroatoms. The van der Waals surface area contributed by atoms with Crippen LogP contribution in [0, 0.1) is 0 Å². The van der Waals surface area contributed by atoms with Crippen LogP contribution in [-0.2, 0) is 5.41 Å². The first-order valence-corrected chi connectivity index (χ1v) is 8.13. The van der Waals surface area contributed by atoms with Crippen LogP contribution < -0.4 is 5.32 Å². The Bertz CT molecular complexity index is 809. The number of nitrogens with one attached hydrogen (secondary N) is 1. The first-order chi connectivity index (χ1) is 11.2. The van der Waals surface area contributed by atoms with Crippen LogP contribution >= 0.6 is 0 Å². The molecule has 2 aromatic carbocycles. The molecule has 1 aliphatic rings. The quantitative estimate of drug-likeness (QED) is 0.761. The number of hydrogen-bond acceptors (Lipinski definition) is 2. The molecule has 0 saturated heterocycles. The van der Waals surface area contributed by atoms with E-state index in [9.17, 15) is 0 Å². The first-order valence-electron chi connectivity index (χ1n) is 8.13. The molecule has 3 nitrogen and oxygen atoms in total. The van der Waals surface area contributed by atoms with Crippen LogP contribution in [0.3, 0.4) is 0 Å². The molecule has 0 spiro atoms. The molecule has 1 saturated carbocycles. The molecule has 23 heavy (non-hydrogen) atoms. The van der Waals surface area contributed by atoms with Gasteiger partial charge in [-0.25, -0.2) is 4.68 Å². The maximum atomic E-state index is 4.36. The van der Waals surface area contributed by atoms with Gasteiger partial charge in [-0.05, 0) is 47.1 Å². The number of nitrogens with zero attached hydrogens (tertiary/aromatic N) is 2. The van der Waals surface area contributed by atoms with E-state index in [0.717, 1.165) is 11.5 Å². The zero-order valence-electron chi connectivity index (χ0n) is 13.6. The first kappa shape index (κ1) is 14.1. The van der Waals surface area contributed by atoms with E-state index in [1.54, 1.807) is 6.20 Å². The molecule has 0 aliphatic heterocycles. The van der Waals surface area contributed by atoms with Crippen molar-refractivity contribution in [1.82, 2.24) is 9.78 Å². The third-order valence-electron chi connectivity index (χ3n) is 4.93. The van der Waals surface area contributed by atoms with Crippen molar-refractivity contribution in [2.45, 2.75) is 25.2 Å². The Labute approximate surface area is 137 Å². The van der Waals surface area contributed by atoms with Crippen LogP contribution in [0.2, 0.25) is 0 Å². The molecule has 1 aliphatic carbocycles. The lowest BCUT2D eigenvalue weighted by Gasteiger charge is -2.11. The van der Waals surface area contributed by atoms with Crippen LogP contribution in [0.15, 0.2) is 60.8 Å². The van der Waals surface area contributed by atoms with Gasteiger partial charge in [0.25, 0.3) is 0 Å². The molecule has 1 aromatic heterocycles. The van der Waals surface area contributed by atoms with Gasteiger partial charge in [-0.15, -0.1) is 0 Å². The Morgan fingerprint density at radius 1 is 0.913 bits per heavy atom. The zero-order chi connectivity index (χ0) is 15.9. The van der Waals surface area contributed by atoms with E-state index >= 15 is 0 Å². The molecule has 0 unspecified atom stereocenters. The molecule has 0 amide bonds. The van der Waals surface area contributed by atoms with Gasteiger partial charge < -0.3 is 5.32 Å². The lowest BCUT2D eigenvalue weighted by molar-refractivity contribution is 0.788. The number of rotatable bonds is 4. The molecule has 1 fully saturated rings. The second kappa shape index (κ2) is 5.27. The second-order valence-corrected chi connectivity index (χ2v) is 6.56. The van der Waals surface area contributed by atoms with Crippen LogP contribution in [0.5, 0.6) is 0 Å². The van der Waals surface area contributed by atoms with E-state index in [-0.39, 0.29) is 0 Å². The van der Waals surface area contributed by atoms with Gasteiger partial charge in [0.2, 0.25) is 0 Å². The van der Waals surface area contributed by atoms with Gasteiger partial charge in [-0.2, -0.15) is 5.10 Å². The Balaban J connectivity index is 1.60. The lowest BCUT2D eigenvalue weighted by Crippen LogP contribution is -2.01. The van der Waals surface area contributed by atoms with Gasteiger partial charge in [0.1, 0.15) is 5.82 Å². The van der Waals surface area contributed by atoms with Crippen LogP contribution in [0.4, 0.5) is 5.82 Å². The molecule has 1 heterocycles. The maximum absolute atomic E-state index is 4.36. The van der Waals surface area contributed by atoms with Crippen molar-refractivity contribution in [2.75, 3.05) is 12.4 Å². The van der Waals surface area contributed by atoms with Crippen molar-refractivity contribution < 1.29 is 0 Å². The topological polar surface area (TPSA) is 29.9 Å². The van der Waals surface area contributed by atoms with E-state index in [1.165, 1.54) is 29.5 Å². The molecule has 1 N–H and O–H groups in total. The standard InChI is InChI=1S/C20H21N3/c1-20(12-13-20)17-7-3-15(4-8-17)16-5-9-18(10-6-16)23-19(21-2)11-14-22-23/h3-11,14,21H,12-13H2,1-2H3. The van der Waals surface area contributed by atoms with Gasteiger partial charge in [0.15, 0.2) is 0 Å². The average Bonchev–Trinajstić information content (AvgIpc) is 3.18. The minimum atomic E-state index is 0.437. The smallest absolute Gasteiger partial charge is 0.129 e. The average molecular weight is 303 g/mol. The molecule has 116 valence electrons. The highest BCUT2D eigenvalue weighted by Gasteiger charge is 2.38. The van der Waals surface area contributed by atoms with E-state index in [2.05, 4.69) is 65.9 Å². The minimum absolute atomic E-state index is 0.437. The second-order valence-electron chi connectivity index (χ2n) is 6.56. The summed E-state index contributed by atoms with van der Waals surface area (Å²) in [5, 5.41) is 7.51. The van der Waals surface area contributed by atoms with Crippen molar-refractivity contribution in [3.63, 3.8) is 0 Å². The van der Waals surface area contributed by atoms with E-state index in [4.69, 9.17) is 0 Å². The van der Waals surface area contributed by atoms with Gasteiger partial charge in [-0.1, -0.05) is 43.3 Å². The fourth-order valence-corrected chi connectivity index (χ4v) is 3.03. The Kier molecular flexibility index (Phi) is 3.22. The van der Waals surface area contributed by atoms with Gasteiger partial charge in [0, 0.05) is 13.1 Å². The molecule has 0 radical (unpaired) electrons. The highest BCUT2D eigenvalue weighted by atomic mass is 15.3. The number of aromatic nitrogens is 2. The minimum Gasteiger partial charge on any atom is -0.373 e. The SMILES string of the molecule is CNc1ccnn1-c1ccc(-c2ccc(C3(C)CC3)cc2)cc1. The van der Waals surface area contributed by atoms with Crippen molar-refractivity contribution in [2.24, 2.45) is 0 Å². The van der Waals surface area contributed by atoms with Crippen molar-refractivity contribution in [3.8, 4) is 16.8 Å². The third-order valence-corrected chi connectivity index (χ3v) is 4.93. The summed E-state index contributed by atoms with van der Waals surface area (Å²) >= 11 is 0. The summed E-state index contributed by atoms with van der Waals surface area (Å²) < 4.78 is 1.90. The highest BCUT2D eigenvalue weighted by molar-refractivity contribution is 5.65.